The van der Waals surface area contributed by atoms with E-state index in [-0.39, 0.29) is 5.78 Å². The molecule has 0 aromatic heterocycles. The first-order valence-corrected chi connectivity index (χ1v) is 5.95. The molecule has 0 unspecified atom stereocenters. The van der Waals surface area contributed by atoms with Crippen molar-refractivity contribution in [1.82, 2.24) is 0 Å². The second-order valence-electron chi connectivity index (χ2n) is 3.11. The number of hydrogen-bond donors (Lipinski definition) is 1. The van der Waals surface area contributed by atoms with E-state index in [1.54, 1.807) is 6.92 Å². The van der Waals surface area contributed by atoms with Gasteiger partial charge in [-0.05, 0) is 30.9 Å². The SMILES string of the molecule is CNc1ccccc1/C=C(\SC)C(C)=O. The zero-order valence-corrected chi connectivity index (χ0v) is 10.0. The van der Waals surface area contributed by atoms with Crippen molar-refractivity contribution in [3.05, 3.63) is 34.7 Å². The smallest absolute Gasteiger partial charge is 0.166 e. The van der Waals surface area contributed by atoms with Crippen LogP contribution in [0.2, 0.25) is 0 Å². The predicted octanol–water partition coefficient (Wildman–Crippen LogP) is 3.02. The van der Waals surface area contributed by atoms with E-state index in [1.165, 1.54) is 11.8 Å². The van der Waals surface area contributed by atoms with E-state index >= 15 is 0 Å². The second-order valence-corrected chi connectivity index (χ2v) is 3.95. The first-order chi connectivity index (χ1) is 7.19. The van der Waals surface area contributed by atoms with Crippen molar-refractivity contribution in [1.29, 1.82) is 0 Å². The molecular formula is C12H15NOS. The van der Waals surface area contributed by atoms with Crippen LogP contribution < -0.4 is 5.32 Å². The molecule has 1 rings (SSSR count). The fourth-order valence-corrected chi connectivity index (χ4v) is 1.83. The van der Waals surface area contributed by atoms with Crippen LogP contribution >= 0.6 is 11.8 Å². The number of nitrogens with one attached hydrogen (secondary N) is 1. The maximum absolute atomic E-state index is 11.3. The van der Waals surface area contributed by atoms with Gasteiger partial charge in [-0.2, -0.15) is 0 Å². The molecule has 0 aliphatic carbocycles. The molecule has 2 nitrogen and oxygen atoms in total. The van der Waals surface area contributed by atoms with Crippen molar-refractivity contribution >= 4 is 29.3 Å². The summed E-state index contributed by atoms with van der Waals surface area (Å²) in [5.74, 6) is 0.105. The van der Waals surface area contributed by atoms with Gasteiger partial charge in [0.25, 0.3) is 0 Å². The third-order valence-corrected chi connectivity index (χ3v) is 2.93. The van der Waals surface area contributed by atoms with Gasteiger partial charge in [-0.1, -0.05) is 18.2 Å². The van der Waals surface area contributed by atoms with Crippen LogP contribution in [-0.2, 0) is 4.79 Å². The lowest BCUT2D eigenvalue weighted by Gasteiger charge is -2.06. The van der Waals surface area contributed by atoms with Crippen molar-refractivity contribution in [2.24, 2.45) is 0 Å². The number of thioether (sulfide) groups is 1. The maximum atomic E-state index is 11.3. The molecule has 15 heavy (non-hydrogen) atoms. The Kier molecular flexibility index (Phi) is 4.43. The van der Waals surface area contributed by atoms with E-state index in [0.717, 1.165) is 16.2 Å². The van der Waals surface area contributed by atoms with E-state index < -0.39 is 0 Å². The third-order valence-electron chi connectivity index (χ3n) is 2.08. The number of carbonyl (C=O) groups is 1. The number of para-hydroxylation sites is 1. The summed E-state index contributed by atoms with van der Waals surface area (Å²) in [6.07, 6.45) is 3.83. The molecule has 0 saturated carbocycles. The standard InChI is InChI=1S/C12H15NOS/c1-9(14)12(15-3)8-10-6-4-5-7-11(10)13-2/h4-8,13H,1-3H3/b12-8-. The Bertz CT molecular complexity index is 385. The zero-order chi connectivity index (χ0) is 11.3. The van der Waals surface area contributed by atoms with Crippen LogP contribution in [0.25, 0.3) is 6.08 Å². The molecule has 0 saturated heterocycles. The van der Waals surface area contributed by atoms with Crippen molar-refractivity contribution in [2.75, 3.05) is 18.6 Å². The van der Waals surface area contributed by atoms with Gasteiger partial charge in [0.2, 0.25) is 0 Å². The van der Waals surface area contributed by atoms with Gasteiger partial charge in [0.05, 0.1) is 4.91 Å². The molecule has 0 aliphatic rings. The van der Waals surface area contributed by atoms with Crippen molar-refractivity contribution < 1.29 is 4.79 Å². The highest BCUT2D eigenvalue weighted by Crippen LogP contribution is 2.22. The number of benzene rings is 1. The number of anilines is 1. The topological polar surface area (TPSA) is 29.1 Å². The number of Topliss-reactive ketones (excluding diaryl/α,β-unsaturated/α-hetero) is 1. The predicted molar refractivity (Wildman–Crippen MR) is 68.2 cm³/mol. The number of hydrogen-bond acceptors (Lipinski definition) is 3. The first kappa shape index (κ1) is 11.9. The Hall–Kier alpha value is -1.22. The van der Waals surface area contributed by atoms with Crippen LogP contribution in [0.4, 0.5) is 5.69 Å². The monoisotopic (exact) mass is 221 g/mol. The van der Waals surface area contributed by atoms with Crippen LogP contribution in [0.3, 0.4) is 0 Å². The largest absolute Gasteiger partial charge is 0.388 e. The molecule has 0 amide bonds. The molecule has 1 aromatic rings. The molecule has 80 valence electrons. The molecule has 1 aromatic carbocycles. The third kappa shape index (κ3) is 3.13. The molecular weight excluding hydrogens is 206 g/mol. The molecule has 0 atom stereocenters. The van der Waals surface area contributed by atoms with E-state index in [9.17, 15) is 4.79 Å². The Labute approximate surface area is 94.8 Å². The summed E-state index contributed by atoms with van der Waals surface area (Å²) in [6.45, 7) is 1.59. The lowest BCUT2D eigenvalue weighted by molar-refractivity contribution is -0.112. The first-order valence-electron chi connectivity index (χ1n) is 4.72. The maximum Gasteiger partial charge on any atom is 0.166 e. The average Bonchev–Trinajstić information content (AvgIpc) is 2.25. The van der Waals surface area contributed by atoms with Gasteiger partial charge in [0.15, 0.2) is 5.78 Å². The van der Waals surface area contributed by atoms with Crippen LogP contribution in [0.1, 0.15) is 12.5 Å². The van der Waals surface area contributed by atoms with E-state index in [2.05, 4.69) is 5.32 Å². The van der Waals surface area contributed by atoms with Crippen molar-refractivity contribution in [3.8, 4) is 0 Å². The highest BCUT2D eigenvalue weighted by molar-refractivity contribution is 8.03. The van der Waals surface area contributed by atoms with Gasteiger partial charge in [-0.15, -0.1) is 11.8 Å². The van der Waals surface area contributed by atoms with Gasteiger partial charge >= 0.3 is 0 Å². The summed E-state index contributed by atoms with van der Waals surface area (Å²) in [7, 11) is 1.87. The Morgan fingerprint density at radius 2 is 2.07 bits per heavy atom. The molecule has 0 heterocycles. The Morgan fingerprint density at radius 3 is 2.60 bits per heavy atom. The molecule has 0 spiro atoms. The minimum absolute atomic E-state index is 0.105. The highest BCUT2D eigenvalue weighted by Gasteiger charge is 2.03. The normalized spacial score (nSPS) is 11.3. The fraction of sp³-hybridized carbons (Fsp3) is 0.250. The molecule has 0 aliphatic heterocycles. The van der Waals surface area contributed by atoms with Gasteiger partial charge in [0, 0.05) is 12.7 Å². The average molecular weight is 221 g/mol. The van der Waals surface area contributed by atoms with E-state index in [4.69, 9.17) is 0 Å². The van der Waals surface area contributed by atoms with Crippen molar-refractivity contribution in [3.63, 3.8) is 0 Å². The Morgan fingerprint density at radius 1 is 1.40 bits per heavy atom. The highest BCUT2D eigenvalue weighted by atomic mass is 32.2. The van der Waals surface area contributed by atoms with Gasteiger partial charge in [-0.25, -0.2) is 0 Å². The summed E-state index contributed by atoms with van der Waals surface area (Å²) in [5.41, 5.74) is 2.07. The molecule has 3 heteroatoms. The number of rotatable bonds is 4. The van der Waals surface area contributed by atoms with Crippen LogP contribution in [0, 0.1) is 0 Å². The van der Waals surface area contributed by atoms with E-state index in [0.29, 0.717) is 0 Å². The molecule has 0 fully saturated rings. The fourth-order valence-electron chi connectivity index (χ4n) is 1.30. The van der Waals surface area contributed by atoms with Gasteiger partial charge in [-0.3, -0.25) is 4.79 Å². The number of ketones is 1. The summed E-state index contributed by atoms with van der Waals surface area (Å²) in [4.78, 5) is 12.0. The lowest BCUT2D eigenvalue weighted by Crippen LogP contribution is -1.94. The summed E-state index contributed by atoms with van der Waals surface area (Å²) < 4.78 is 0. The lowest BCUT2D eigenvalue weighted by atomic mass is 10.1. The number of allylic oxidation sites excluding steroid dienone is 1. The quantitative estimate of drug-likeness (QED) is 0.792. The van der Waals surface area contributed by atoms with Crippen LogP contribution in [0.5, 0.6) is 0 Å². The van der Waals surface area contributed by atoms with Crippen LogP contribution in [-0.4, -0.2) is 19.1 Å². The second kappa shape index (κ2) is 5.61. The summed E-state index contributed by atoms with van der Waals surface area (Å²) >= 11 is 1.48. The summed E-state index contributed by atoms with van der Waals surface area (Å²) in [6, 6.07) is 7.91. The van der Waals surface area contributed by atoms with Crippen LogP contribution in [0.15, 0.2) is 29.2 Å². The molecule has 1 N–H and O–H groups in total. The zero-order valence-electron chi connectivity index (χ0n) is 9.20. The summed E-state index contributed by atoms with van der Waals surface area (Å²) in [5, 5.41) is 3.10. The number of carbonyl (C=O) groups excluding carboxylic acids is 1. The molecule has 0 bridgehead atoms. The minimum Gasteiger partial charge on any atom is -0.388 e. The van der Waals surface area contributed by atoms with Crippen molar-refractivity contribution in [2.45, 2.75) is 6.92 Å². The minimum atomic E-state index is 0.105. The van der Waals surface area contributed by atoms with Gasteiger partial charge < -0.3 is 5.32 Å². The Balaban J connectivity index is 3.10. The molecule has 0 radical (unpaired) electrons. The van der Waals surface area contributed by atoms with E-state index in [1.807, 2.05) is 43.6 Å². The van der Waals surface area contributed by atoms with Gasteiger partial charge in [0.1, 0.15) is 0 Å².